The summed E-state index contributed by atoms with van der Waals surface area (Å²) < 4.78 is 37.4. The third-order valence-corrected chi connectivity index (χ3v) is 3.28. The highest BCUT2D eigenvalue weighted by molar-refractivity contribution is 5.88. The smallest absolute Gasteiger partial charge is 0.378 e. The first kappa shape index (κ1) is 19.5. The highest BCUT2D eigenvalue weighted by atomic mass is 19.4. The van der Waals surface area contributed by atoms with Crippen LogP contribution in [0.5, 0.6) is 0 Å². The molecule has 0 heterocycles. The van der Waals surface area contributed by atoms with Crippen LogP contribution in [0.4, 0.5) is 13.2 Å². The Hall–Kier alpha value is -2.53. The molecule has 2 amide bonds. The van der Waals surface area contributed by atoms with Crippen LogP contribution in [-0.2, 0) is 15.8 Å². The number of amides is 2. The van der Waals surface area contributed by atoms with E-state index in [1.54, 1.807) is 0 Å². The van der Waals surface area contributed by atoms with Crippen molar-refractivity contribution in [2.45, 2.75) is 37.6 Å². The molecule has 0 aliphatic carbocycles. The monoisotopic (exact) mass is 342 g/mol. The van der Waals surface area contributed by atoms with Gasteiger partial charge in [-0.3, -0.25) is 9.59 Å². The molecule has 1 rings (SSSR count). The number of alkyl halides is 3. The lowest BCUT2D eigenvalue weighted by Crippen LogP contribution is -2.46. The lowest BCUT2D eigenvalue weighted by molar-refractivity contribution is -0.137. The van der Waals surface area contributed by atoms with Crippen molar-refractivity contribution in [2.75, 3.05) is 0 Å². The molecule has 0 saturated heterocycles. The van der Waals surface area contributed by atoms with E-state index in [1.807, 2.05) is 0 Å². The minimum atomic E-state index is -4.51. The van der Waals surface area contributed by atoms with E-state index in [1.165, 1.54) is 0 Å². The van der Waals surface area contributed by atoms with Crippen LogP contribution < -0.4 is 11.1 Å². The number of hydrogen-bond donors (Lipinski definition) is 3. The molecule has 1 aromatic rings. The van der Waals surface area contributed by atoms with Gasteiger partial charge < -0.3 is 16.2 Å². The fraction of sp³-hybridized carbons (Fsp3) is 0.375. The molecular weight excluding hydrogens is 325 g/mol. The number of carbonyl (C=O) groups excluding carboxylic acids is 2. The van der Waals surface area contributed by atoms with Gasteiger partial charge in [-0.1, -0.05) is 12.1 Å². The summed E-state index contributed by atoms with van der Waals surface area (Å²) in [5.41, 5.74) is 4.23. The first-order valence-electron chi connectivity index (χ1n) is 7.05. The minimum absolute atomic E-state index is 0.0349. The van der Waals surface area contributed by atoms with E-state index in [9.17, 15) is 27.9 Å². The third kappa shape index (κ3) is 5.59. The number of primary amides is 1. The van der Waals surface area contributed by atoms with E-state index in [0.29, 0.717) is 12.8 Å². The molecule has 0 aliphatic heterocycles. The zero-order valence-electron chi connectivity index (χ0n) is 12.6. The van der Waals surface area contributed by atoms with Gasteiger partial charge >= 0.3 is 6.18 Å². The molecule has 0 spiro atoms. The Morgan fingerprint density at radius 3 is 2.33 bits per heavy atom. The summed E-state index contributed by atoms with van der Waals surface area (Å²) in [5, 5.41) is 12.2. The van der Waals surface area contributed by atoms with E-state index in [0.717, 1.165) is 24.3 Å². The second-order valence-electron chi connectivity index (χ2n) is 5.08. The number of aliphatic hydroxyl groups excluding tert-OH is 1. The molecule has 0 bridgehead atoms. The number of nitrogens with two attached hydrogens (primary N) is 1. The molecule has 8 heteroatoms. The maximum absolute atomic E-state index is 12.5. The van der Waals surface area contributed by atoms with Gasteiger partial charge in [-0.25, -0.2) is 0 Å². The standard InChI is InChI=1S/C16H17F3N2O3/c1-2-3-4-5-12(14(20)23)21-15(24)13(22)10-6-8-11(9-7-10)16(17,18)19/h1,6-9,12-13,22H,3-5H2,(H2,20,23)(H,21,24)/t12-,13+/m0/s1. The lowest BCUT2D eigenvalue weighted by Gasteiger charge is -2.18. The highest BCUT2D eigenvalue weighted by Crippen LogP contribution is 2.29. The number of carbonyl (C=O) groups is 2. The second-order valence-corrected chi connectivity index (χ2v) is 5.08. The maximum Gasteiger partial charge on any atom is 0.416 e. The first-order valence-corrected chi connectivity index (χ1v) is 7.05. The lowest BCUT2D eigenvalue weighted by atomic mass is 10.0. The van der Waals surface area contributed by atoms with Crippen LogP contribution in [0.3, 0.4) is 0 Å². The number of aliphatic hydroxyl groups is 1. The van der Waals surface area contributed by atoms with Gasteiger partial charge in [0.2, 0.25) is 5.91 Å². The number of unbranched alkanes of at least 4 members (excludes halogenated alkanes) is 1. The minimum Gasteiger partial charge on any atom is -0.378 e. The quantitative estimate of drug-likeness (QED) is 0.518. The number of benzene rings is 1. The SMILES string of the molecule is C#CCCC[C@H](NC(=O)[C@H](O)c1ccc(C(F)(F)F)cc1)C(N)=O. The fourth-order valence-corrected chi connectivity index (χ4v) is 1.95. The van der Waals surface area contributed by atoms with Crippen molar-refractivity contribution in [3.63, 3.8) is 0 Å². The topological polar surface area (TPSA) is 92.4 Å². The Labute approximate surface area is 137 Å². The Kier molecular flexibility index (Phi) is 6.80. The van der Waals surface area contributed by atoms with Crippen LogP contribution in [0.15, 0.2) is 24.3 Å². The average molecular weight is 342 g/mol. The molecule has 1 aromatic carbocycles. The van der Waals surface area contributed by atoms with Crippen LogP contribution in [0.1, 0.15) is 36.5 Å². The normalized spacial score (nSPS) is 13.6. The molecule has 0 fully saturated rings. The molecule has 0 unspecified atom stereocenters. The van der Waals surface area contributed by atoms with Gasteiger partial charge in [-0.05, 0) is 30.5 Å². The molecule has 0 aromatic heterocycles. The van der Waals surface area contributed by atoms with Gasteiger partial charge in [-0.15, -0.1) is 12.3 Å². The number of halogens is 3. The molecule has 4 N–H and O–H groups in total. The van der Waals surface area contributed by atoms with E-state index in [4.69, 9.17) is 12.2 Å². The van der Waals surface area contributed by atoms with E-state index in [-0.39, 0.29) is 12.0 Å². The summed E-state index contributed by atoms with van der Waals surface area (Å²) in [6, 6.07) is 2.47. The van der Waals surface area contributed by atoms with Crippen molar-refractivity contribution in [1.29, 1.82) is 0 Å². The van der Waals surface area contributed by atoms with Gasteiger partial charge in [0.1, 0.15) is 6.04 Å². The van der Waals surface area contributed by atoms with Crippen molar-refractivity contribution >= 4 is 11.8 Å². The molecule has 0 aliphatic rings. The fourth-order valence-electron chi connectivity index (χ4n) is 1.95. The Bertz CT molecular complexity index is 621. The van der Waals surface area contributed by atoms with E-state index in [2.05, 4.69) is 11.2 Å². The van der Waals surface area contributed by atoms with Crippen LogP contribution in [0, 0.1) is 12.3 Å². The van der Waals surface area contributed by atoms with Crippen molar-refractivity contribution in [2.24, 2.45) is 5.73 Å². The second kappa shape index (κ2) is 8.36. The molecule has 0 radical (unpaired) electrons. The number of terminal acetylenes is 1. The summed E-state index contributed by atoms with van der Waals surface area (Å²) in [6.07, 6.45) is -0.115. The number of rotatable bonds is 7. The van der Waals surface area contributed by atoms with Crippen molar-refractivity contribution in [3.8, 4) is 12.3 Å². The summed E-state index contributed by atoms with van der Waals surface area (Å²) in [4.78, 5) is 23.2. The predicted molar refractivity (Wildman–Crippen MR) is 80.2 cm³/mol. The Morgan fingerprint density at radius 2 is 1.88 bits per heavy atom. The Morgan fingerprint density at radius 1 is 1.29 bits per heavy atom. The van der Waals surface area contributed by atoms with Gasteiger partial charge in [-0.2, -0.15) is 13.2 Å². The maximum atomic E-state index is 12.5. The summed E-state index contributed by atoms with van der Waals surface area (Å²) >= 11 is 0. The number of hydrogen-bond acceptors (Lipinski definition) is 3. The third-order valence-electron chi connectivity index (χ3n) is 3.28. The van der Waals surface area contributed by atoms with Crippen molar-refractivity contribution in [3.05, 3.63) is 35.4 Å². The molecule has 2 atom stereocenters. The molecule has 24 heavy (non-hydrogen) atoms. The van der Waals surface area contributed by atoms with Crippen LogP contribution >= 0.6 is 0 Å². The van der Waals surface area contributed by atoms with Crippen LogP contribution in [0.25, 0.3) is 0 Å². The van der Waals surface area contributed by atoms with Crippen molar-refractivity contribution in [1.82, 2.24) is 5.32 Å². The largest absolute Gasteiger partial charge is 0.416 e. The summed E-state index contributed by atoms with van der Waals surface area (Å²) in [6.45, 7) is 0. The summed E-state index contributed by atoms with van der Waals surface area (Å²) in [5.74, 6) is 0.652. The highest BCUT2D eigenvalue weighted by Gasteiger charge is 2.31. The zero-order chi connectivity index (χ0) is 18.3. The molecular formula is C16H17F3N2O3. The van der Waals surface area contributed by atoms with Gasteiger partial charge in [0.15, 0.2) is 6.10 Å². The van der Waals surface area contributed by atoms with Gasteiger partial charge in [0, 0.05) is 6.42 Å². The first-order chi connectivity index (χ1) is 11.2. The van der Waals surface area contributed by atoms with E-state index >= 15 is 0 Å². The van der Waals surface area contributed by atoms with Crippen LogP contribution in [0.2, 0.25) is 0 Å². The predicted octanol–water partition coefficient (Wildman–Crippen LogP) is 1.51. The molecule has 130 valence electrons. The molecule has 0 saturated carbocycles. The van der Waals surface area contributed by atoms with Crippen molar-refractivity contribution < 1.29 is 27.9 Å². The van der Waals surface area contributed by atoms with Gasteiger partial charge in [0.25, 0.3) is 5.91 Å². The summed E-state index contributed by atoms with van der Waals surface area (Å²) in [7, 11) is 0. The van der Waals surface area contributed by atoms with E-state index < -0.39 is 35.7 Å². The molecule has 5 nitrogen and oxygen atoms in total. The van der Waals surface area contributed by atoms with Crippen LogP contribution in [-0.4, -0.2) is 23.0 Å². The van der Waals surface area contributed by atoms with Gasteiger partial charge in [0.05, 0.1) is 5.56 Å². The average Bonchev–Trinajstić information content (AvgIpc) is 2.52. The Balaban J connectivity index is 2.75. The number of nitrogens with one attached hydrogen (secondary N) is 1. The zero-order valence-corrected chi connectivity index (χ0v) is 12.6.